The summed E-state index contributed by atoms with van der Waals surface area (Å²) in [7, 11) is 4.53. The van der Waals surface area contributed by atoms with Crippen LogP contribution in [-0.4, -0.2) is 62.7 Å². The Bertz CT molecular complexity index is 177. The molecule has 14 heavy (non-hydrogen) atoms. The molecule has 3 nitrogen and oxygen atoms in total. The zero-order chi connectivity index (χ0) is 9.97. The van der Waals surface area contributed by atoms with Crippen molar-refractivity contribution in [2.24, 2.45) is 5.92 Å². The molecule has 0 amide bonds. The second-order valence-corrected chi connectivity index (χ2v) is 4.92. The van der Waals surface area contributed by atoms with Crippen LogP contribution >= 0.6 is 0 Å². The fourth-order valence-corrected chi connectivity index (χ4v) is 2.76. The number of hydrogen-bond acceptors (Lipinski definition) is 3. The largest absolute Gasteiger partial charge is 0.316 e. The zero-order valence-corrected chi connectivity index (χ0v) is 9.50. The predicted octanol–water partition coefficient (Wildman–Crippen LogP) is 0.232. The highest BCUT2D eigenvalue weighted by atomic mass is 15.3. The number of hydrogen-bond donors (Lipinski definition) is 1. The number of rotatable bonds is 1. The van der Waals surface area contributed by atoms with Gasteiger partial charge in [-0.2, -0.15) is 0 Å². The molecule has 2 unspecified atom stereocenters. The SMILES string of the molecule is CN1CCN(C)C(C2CCCNC2)C1. The highest BCUT2D eigenvalue weighted by molar-refractivity contribution is 4.87. The average Bonchev–Trinajstić information content (AvgIpc) is 2.23. The molecule has 0 radical (unpaired) electrons. The minimum Gasteiger partial charge on any atom is -0.316 e. The van der Waals surface area contributed by atoms with Crippen molar-refractivity contribution in [2.45, 2.75) is 18.9 Å². The second-order valence-electron chi connectivity index (χ2n) is 4.92. The Morgan fingerprint density at radius 2 is 2.07 bits per heavy atom. The minimum absolute atomic E-state index is 0.779. The van der Waals surface area contributed by atoms with Crippen LogP contribution in [0.1, 0.15) is 12.8 Å². The smallest absolute Gasteiger partial charge is 0.0260 e. The Balaban J connectivity index is 1.92. The molecule has 0 aliphatic carbocycles. The van der Waals surface area contributed by atoms with Gasteiger partial charge in [0.1, 0.15) is 0 Å². The van der Waals surface area contributed by atoms with E-state index < -0.39 is 0 Å². The molecule has 0 bridgehead atoms. The summed E-state index contributed by atoms with van der Waals surface area (Å²) in [6.07, 6.45) is 2.77. The normalized spacial score (nSPS) is 37.3. The first-order valence-corrected chi connectivity index (χ1v) is 5.87. The summed E-state index contributed by atoms with van der Waals surface area (Å²) in [5.74, 6) is 0.872. The van der Waals surface area contributed by atoms with Crippen molar-refractivity contribution in [1.29, 1.82) is 0 Å². The maximum atomic E-state index is 3.52. The molecule has 2 fully saturated rings. The molecule has 0 aromatic rings. The Morgan fingerprint density at radius 1 is 1.21 bits per heavy atom. The van der Waals surface area contributed by atoms with Gasteiger partial charge in [0, 0.05) is 25.7 Å². The van der Waals surface area contributed by atoms with Crippen molar-refractivity contribution in [1.82, 2.24) is 15.1 Å². The molecule has 2 rings (SSSR count). The van der Waals surface area contributed by atoms with Gasteiger partial charge in [-0.1, -0.05) is 0 Å². The maximum Gasteiger partial charge on any atom is 0.0260 e. The van der Waals surface area contributed by atoms with Crippen LogP contribution in [0.15, 0.2) is 0 Å². The van der Waals surface area contributed by atoms with Crippen molar-refractivity contribution in [3.05, 3.63) is 0 Å². The number of nitrogens with one attached hydrogen (secondary N) is 1. The van der Waals surface area contributed by atoms with Gasteiger partial charge < -0.3 is 15.1 Å². The molecule has 0 aromatic carbocycles. The van der Waals surface area contributed by atoms with E-state index in [1.807, 2.05) is 0 Å². The summed E-state index contributed by atoms with van der Waals surface area (Å²) < 4.78 is 0. The van der Waals surface area contributed by atoms with Gasteiger partial charge in [0.05, 0.1) is 0 Å². The predicted molar refractivity (Wildman–Crippen MR) is 59.5 cm³/mol. The average molecular weight is 197 g/mol. The monoisotopic (exact) mass is 197 g/mol. The van der Waals surface area contributed by atoms with E-state index in [0.717, 1.165) is 12.0 Å². The van der Waals surface area contributed by atoms with Crippen LogP contribution in [0.25, 0.3) is 0 Å². The Morgan fingerprint density at radius 3 is 2.79 bits per heavy atom. The fraction of sp³-hybridized carbons (Fsp3) is 1.00. The fourth-order valence-electron chi connectivity index (χ4n) is 2.76. The third kappa shape index (κ3) is 2.27. The van der Waals surface area contributed by atoms with E-state index in [4.69, 9.17) is 0 Å². The molecule has 2 saturated heterocycles. The molecule has 2 aliphatic rings. The molecule has 0 saturated carbocycles. The molecular formula is C11H23N3. The van der Waals surface area contributed by atoms with Crippen molar-refractivity contribution >= 4 is 0 Å². The lowest BCUT2D eigenvalue weighted by atomic mass is 9.89. The number of piperidine rings is 1. The Kier molecular flexibility index (Phi) is 3.42. The molecule has 2 heterocycles. The van der Waals surface area contributed by atoms with Crippen molar-refractivity contribution < 1.29 is 0 Å². The second kappa shape index (κ2) is 4.60. The van der Waals surface area contributed by atoms with E-state index in [-0.39, 0.29) is 0 Å². The summed E-state index contributed by atoms with van der Waals surface area (Å²) in [4.78, 5) is 5.02. The summed E-state index contributed by atoms with van der Waals surface area (Å²) in [6, 6.07) is 0.779. The van der Waals surface area contributed by atoms with Crippen molar-refractivity contribution in [3.8, 4) is 0 Å². The highest BCUT2D eigenvalue weighted by Gasteiger charge is 2.30. The van der Waals surface area contributed by atoms with Gasteiger partial charge in [-0.15, -0.1) is 0 Å². The topological polar surface area (TPSA) is 18.5 Å². The van der Waals surface area contributed by atoms with E-state index in [1.54, 1.807) is 0 Å². The Hall–Kier alpha value is -0.120. The van der Waals surface area contributed by atoms with Crippen LogP contribution in [0, 0.1) is 5.92 Å². The minimum atomic E-state index is 0.779. The standard InChI is InChI=1S/C11H23N3/c1-13-6-7-14(2)11(9-13)10-4-3-5-12-8-10/h10-12H,3-9H2,1-2H3. The van der Waals surface area contributed by atoms with Crippen LogP contribution in [0.3, 0.4) is 0 Å². The Labute approximate surface area is 87.4 Å². The van der Waals surface area contributed by atoms with Gasteiger partial charge >= 0.3 is 0 Å². The van der Waals surface area contributed by atoms with Gasteiger partial charge in [-0.05, 0) is 45.9 Å². The highest BCUT2D eigenvalue weighted by Crippen LogP contribution is 2.21. The van der Waals surface area contributed by atoms with Gasteiger partial charge in [-0.25, -0.2) is 0 Å². The van der Waals surface area contributed by atoms with E-state index in [9.17, 15) is 0 Å². The summed E-state index contributed by atoms with van der Waals surface area (Å²) in [5, 5.41) is 3.52. The first-order chi connectivity index (χ1) is 6.77. The first-order valence-electron chi connectivity index (χ1n) is 5.87. The molecular weight excluding hydrogens is 174 g/mol. The molecule has 1 N–H and O–H groups in total. The molecule has 0 aromatic heterocycles. The summed E-state index contributed by atoms with van der Waals surface area (Å²) >= 11 is 0. The zero-order valence-electron chi connectivity index (χ0n) is 9.50. The number of likely N-dealkylation sites (N-methyl/N-ethyl adjacent to an activating group) is 2. The summed E-state index contributed by atoms with van der Waals surface area (Å²) in [5.41, 5.74) is 0. The van der Waals surface area contributed by atoms with Crippen LogP contribution < -0.4 is 5.32 Å². The van der Waals surface area contributed by atoms with Crippen LogP contribution in [0.5, 0.6) is 0 Å². The third-order valence-corrected chi connectivity index (χ3v) is 3.78. The van der Waals surface area contributed by atoms with Crippen LogP contribution in [0.4, 0.5) is 0 Å². The molecule has 2 aliphatic heterocycles. The molecule has 0 spiro atoms. The quantitative estimate of drug-likeness (QED) is 0.649. The van der Waals surface area contributed by atoms with Gasteiger partial charge in [0.25, 0.3) is 0 Å². The summed E-state index contributed by atoms with van der Waals surface area (Å²) in [6.45, 7) is 6.17. The number of nitrogens with zero attached hydrogens (tertiary/aromatic N) is 2. The van der Waals surface area contributed by atoms with E-state index in [0.29, 0.717) is 0 Å². The number of piperazine rings is 1. The molecule has 82 valence electrons. The van der Waals surface area contributed by atoms with Gasteiger partial charge in [0.2, 0.25) is 0 Å². The van der Waals surface area contributed by atoms with E-state index in [2.05, 4.69) is 29.2 Å². The van der Waals surface area contributed by atoms with Crippen LogP contribution in [0.2, 0.25) is 0 Å². The van der Waals surface area contributed by atoms with Gasteiger partial charge in [-0.3, -0.25) is 0 Å². The lowest BCUT2D eigenvalue weighted by molar-refractivity contribution is 0.0659. The molecule has 3 heteroatoms. The van der Waals surface area contributed by atoms with Crippen molar-refractivity contribution in [2.75, 3.05) is 46.8 Å². The van der Waals surface area contributed by atoms with Gasteiger partial charge in [0.15, 0.2) is 0 Å². The maximum absolute atomic E-state index is 3.52. The molecule has 2 atom stereocenters. The lowest BCUT2D eigenvalue weighted by Crippen LogP contribution is -2.55. The van der Waals surface area contributed by atoms with E-state index in [1.165, 1.54) is 45.6 Å². The third-order valence-electron chi connectivity index (χ3n) is 3.78. The lowest BCUT2D eigenvalue weighted by Gasteiger charge is -2.43. The first kappa shape index (κ1) is 10.4. The van der Waals surface area contributed by atoms with E-state index >= 15 is 0 Å². The van der Waals surface area contributed by atoms with Crippen LogP contribution in [-0.2, 0) is 0 Å². The van der Waals surface area contributed by atoms with Crippen molar-refractivity contribution in [3.63, 3.8) is 0 Å².